The Morgan fingerprint density at radius 3 is 1.56 bits per heavy atom. The third-order valence-corrected chi connectivity index (χ3v) is 5.30. The van der Waals surface area contributed by atoms with Crippen LogP contribution >= 0.6 is 0 Å². The topological polar surface area (TPSA) is 61.8 Å². The zero-order valence-corrected chi connectivity index (χ0v) is 19.8. The highest BCUT2D eigenvalue weighted by Gasteiger charge is 2.30. The van der Waals surface area contributed by atoms with Gasteiger partial charge in [-0.2, -0.15) is 13.2 Å². The Labute approximate surface area is 207 Å². The number of alkyl halides is 3. The fraction of sp³-hybridized carbons (Fsp3) is 0.286. The van der Waals surface area contributed by atoms with Crippen molar-refractivity contribution in [3.63, 3.8) is 0 Å². The number of halogens is 3. The Morgan fingerprint density at radius 1 is 0.639 bits per heavy atom. The van der Waals surface area contributed by atoms with Crippen LogP contribution in [-0.2, 0) is 6.18 Å². The first-order valence-electron chi connectivity index (χ1n) is 11.7. The maximum atomic E-state index is 12.7. The van der Waals surface area contributed by atoms with Crippen LogP contribution in [0.2, 0.25) is 0 Å². The first kappa shape index (κ1) is 26.8. The molecule has 0 heterocycles. The van der Waals surface area contributed by atoms with Crippen LogP contribution in [0, 0.1) is 0 Å². The van der Waals surface area contributed by atoms with Crippen LogP contribution in [0.25, 0.3) is 0 Å². The Balaban J connectivity index is 1.48. The Morgan fingerprint density at radius 2 is 1.08 bits per heavy atom. The Hall–Kier alpha value is -3.81. The number of carbonyl (C=O) groups is 2. The molecule has 0 aliphatic heterocycles. The molecule has 0 unspecified atom stereocenters. The summed E-state index contributed by atoms with van der Waals surface area (Å²) in [5, 5.41) is 0. The average Bonchev–Trinajstić information content (AvgIpc) is 2.87. The lowest BCUT2D eigenvalue weighted by atomic mass is 10.1. The van der Waals surface area contributed by atoms with Crippen LogP contribution in [0.1, 0.15) is 65.3 Å². The lowest BCUT2D eigenvalue weighted by Crippen LogP contribution is -2.10. The molecule has 0 fully saturated rings. The molecule has 0 saturated heterocycles. The third-order valence-electron chi connectivity index (χ3n) is 5.30. The summed E-state index contributed by atoms with van der Waals surface area (Å²) in [6, 6.07) is 16.1. The zero-order valence-electron chi connectivity index (χ0n) is 19.8. The van der Waals surface area contributed by atoms with Gasteiger partial charge in [-0.15, -0.1) is 0 Å². The van der Waals surface area contributed by atoms with E-state index in [0.717, 1.165) is 37.1 Å². The molecule has 3 aromatic rings. The molecule has 0 aliphatic carbocycles. The summed E-state index contributed by atoms with van der Waals surface area (Å²) in [5.41, 5.74) is -0.532. The van der Waals surface area contributed by atoms with Crippen molar-refractivity contribution in [2.45, 2.75) is 45.2 Å². The van der Waals surface area contributed by atoms with Crippen molar-refractivity contribution >= 4 is 11.9 Å². The highest BCUT2D eigenvalue weighted by molar-refractivity contribution is 5.92. The second-order valence-corrected chi connectivity index (χ2v) is 8.11. The molecule has 0 atom stereocenters. The number of unbranched alkanes of at least 4 members (excludes halogenated alkanes) is 4. The monoisotopic (exact) mass is 500 g/mol. The zero-order chi connectivity index (χ0) is 26.0. The van der Waals surface area contributed by atoms with E-state index >= 15 is 0 Å². The van der Waals surface area contributed by atoms with Gasteiger partial charge in [0.05, 0.1) is 23.3 Å². The van der Waals surface area contributed by atoms with Crippen molar-refractivity contribution < 1.29 is 37.0 Å². The minimum Gasteiger partial charge on any atom is -0.494 e. The van der Waals surface area contributed by atoms with Crippen LogP contribution in [0.15, 0.2) is 72.8 Å². The summed E-state index contributed by atoms with van der Waals surface area (Å²) in [7, 11) is 0. The molecule has 190 valence electrons. The van der Waals surface area contributed by atoms with Crippen molar-refractivity contribution in [3.8, 4) is 17.2 Å². The third kappa shape index (κ3) is 8.15. The molecule has 0 amide bonds. The molecule has 0 N–H and O–H groups in total. The van der Waals surface area contributed by atoms with Gasteiger partial charge in [0.15, 0.2) is 0 Å². The molecule has 0 spiro atoms. The van der Waals surface area contributed by atoms with Gasteiger partial charge in [0.1, 0.15) is 17.2 Å². The van der Waals surface area contributed by atoms with E-state index in [9.17, 15) is 22.8 Å². The normalized spacial score (nSPS) is 11.1. The van der Waals surface area contributed by atoms with Crippen LogP contribution in [0.3, 0.4) is 0 Å². The summed E-state index contributed by atoms with van der Waals surface area (Å²) >= 11 is 0. The Bertz CT molecular complexity index is 1120. The van der Waals surface area contributed by atoms with Crippen molar-refractivity contribution in [3.05, 3.63) is 89.5 Å². The van der Waals surface area contributed by atoms with Crippen LogP contribution in [-0.4, -0.2) is 18.5 Å². The molecular weight excluding hydrogens is 473 g/mol. The number of carbonyl (C=O) groups excluding carboxylic acids is 2. The standard InChI is InChI=1S/C28H27F3O5/c1-2-3-4-5-6-19-34-23-13-9-21(10-14-23)27(33)36-25-17-15-24(16-18-25)35-26(32)20-7-11-22(12-8-20)28(29,30)31/h7-18H,2-6,19H2,1H3. The Kier molecular flexibility index (Phi) is 9.50. The SMILES string of the molecule is CCCCCCCOc1ccc(C(=O)Oc2ccc(OC(=O)c3ccc(C(F)(F)F)cc3)cc2)cc1. The van der Waals surface area contributed by atoms with Gasteiger partial charge in [-0.3, -0.25) is 0 Å². The molecule has 0 aliphatic rings. The highest BCUT2D eigenvalue weighted by atomic mass is 19.4. The molecule has 36 heavy (non-hydrogen) atoms. The number of benzene rings is 3. The van der Waals surface area contributed by atoms with Gasteiger partial charge in [-0.1, -0.05) is 32.6 Å². The fourth-order valence-electron chi connectivity index (χ4n) is 3.29. The van der Waals surface area contributed by atoms with Crippen molar-refractivity contribution in [2.75, 3.05) is 6.61 Å². The largest absolute Gasteiger partial charge is 0.494 e. The van der Waals surface area contributed by atoms with Crippen molar-refractivity contribution in [1.29, 1.82) is 0 Å². The van der Waals surface area contributed by atoms with E-state index in [2.05, 4.69) is 6.92 Å². The lowest BCUT2D eigenvalue weighted by molar-refractivity contribution is -0.137. The summed E-state index contributed by atoms with van der Waals surface area (Å²) in [4.78, 5) is 24.6. The van der Waals surface area contributed by atoms with E-state index in [4.69, 9.17) is 14.2 Å². The van der Waals surface area contributed by atoms with E-state index in [1.807, 2.05) is 0 Å². The lowest BCUT2D eigenvalue weighted by Gasteiger charge is -2.09. The number of esters is 2. The summed E-state index contributed by atoms with van der Waals surface area (Å²) in [6.45, 7) is 2.80. The van der Waals surface area contributed by atoms with Gasteiger partial charge < -0.3 is 14.2 Å². The minimum absolute atomic E-state index is 0.0255. The molecular formula is C28H27F3O5. The number of rotatable bonds is 11. The molecule has 0 saturated carbocycles. The molecule has 0 bridgehead atoms. The van der Waals surface area contributed by atoms with Gasteiger partial charge in [0.2, 0.25) is 0 Å². The smallest absolute Gasteiger partial charge is 0.416 e. The summed E-state index contributed by atoms with van der Waals surface area (Å²) < 4.78 is 54.2. The van der Waals surface area contributed by atoms with E-state index in [1.165, 1.54) is 43.5 Å². The van der Waals surface area contributed by atoms with Crippen LogP contribution < -0.4 is 14.2 Å². The van der Waals surface area contributed by atoms with Crippen LogP contribution in [0.4, 0.5) is 13.2 Å². The summed E-state index contributed by atoms with van der Waals surface area (Å²) in [6.07, 6.45) is 1.26. The molecule has 3 aromatic carbocycles. The van der Waals surface area contributed by atoms with Gasteiger partial charge in [-0.05, 0) is 79.2 Å². The van der Waals surface area contributed by atoms with Gasteiger partial charge in [-0.25, -0.2) is 9.59 Å². The number of hydrogen-bond donors (Lipinski definition) is 0. The van der Waals surface area contributed by atoms with E-state index in [1.54, 1.807) is 24.3 Å². The van der Waals surface area contributed by atoms with E-state index in [-0.39, 0.29) is 17.1 Å². The van der Waals surface area contributed by atoms with Gasteiger partial charge in [0.25, 0.3) is 0 Å². The van der Waals surface area contributed by atoms with Gasteiger partial charge >= 0.3 is 18.1 Å². The predicted molar refractivity (Wildman–Crippen MR) is 128 cm³/mol. The summed E-state index contributed by atoms with van der Waals surface area (Å²) in [5.74, 6) is -0.300. The molecule has 3 rings (SSSR count). The molecule has 8 heteroatoms. The molecule has 0 radical (unpaired) electrons. The number of hydrogen-bond acceptors (Lipinski definition) is 5. The first-order valence-corrected chi connectivity index (χ1v) is 11.7. The van der Waals surface area contributed by atoms with E-state index in [0.29, 0.717) is 17.9 Å². The van der Waals surface area contributed by atoms with Gasteiger partial charge in [0, 0.05) is 0 Å². The quantitative estimate of drug-likeness (QED) is 0.155. The predicted octanol–water partition coefficient (Wildman–Crippen LogP) is 7.49. The average molecular weight is 501 g/mol. The first-order chi connectivity index (χ1) is 17.3. The van der Waals surface area contributed by atoms with E-state index < -0.39 is 23.7 Å². The highest BCUT2D eigenvalue weighted by Crippen LogP contribution is 2.29. The maximum Gasteiger partial charge on any atom is 0.416 e. The van der Waals surface area contributed by atoms with Crippen LogP contribution in [0.5, 0.6) is 17.2 Å². The maximum absolute atomic E-state index is 12.7. The second kappa shape index (κ2) is 12.8. The van der Waals surface area contributed by atoms with Crippen molar-refractivity contribution in [2.24, 2.45) is 0 Å². The van der Waals surface area contributed by atoms with Crippen molar-refractivity contribution in [1.82, 2.24) is 0 Å². The fourth-order valence-corrected chi connectivity index (χ4v) is 3.29. The minimum atomic E-state index is -4.49. The molecule has 0 aromatic heterocycles. The number of ether oxygens (including phenoxy) is 3. The molecule has 5 nitrogen and oxygen atoms in total. The second-order valence-electron chi connectivity index (χ2n) is 8.11.